The molecule has 1 N–H and O–H groups in total. The lowest BCUT2D eigenvalue weighted by molar-refractivity contribution is 0.0224. The summed E-state index contributed by atoms with van der Waals surface area (Å²) in [7, 11) is 0. The minimum atomic E-state index is -2.26. The number of fused-ring (bicyclic) bond motifs is 2. The van der Waals surface area contributed by atoms with Crippen molar-refractivity contribution in [2.45, 2.75) is 51.0 Å². The van der Waals surface area contributed by atoms with Gasteiger partial charge in [0.25, 0.3) is 11.3 Å². The van der Waals surface area contributed by atoms with Gasteiger partial charge >= 0.3 is 6.09 Å². The topological polar surface area (TPSA) is 87.9 Å². The van der Waals surface area contributed by atoms with Crippen LogP contribution in [0.5, 0.6) is 0 Å². The lowest BCUT2D eigenvalue weighted by atomic mass is 9.99. The maximum atomic E-state index is 12.4. The van der Waals surface area contributed by atoms with E-state index in [1.165, 1.54) is 4.31 Å². The maximum absolute atomic E-state index is 12.4. The molecule has 0 saturated carbocycles. The number of carbonyl (C=O) groups is 1. The first-order valence-electron chi connectivity index (χ1n) is 9.54. The van der Waals surface area contributed by atoms with Crippen molar-refractivity contribution in [3.63, 3.8) is 0 Å². The molecule has 2 aromatic rings. The standard InChI is InChI=1S/C19H23BrN4O4S2/c1-19(2,3)28-18(25)22-7-6-12-10-14(5-4-13(12)11-22)24(30(26)27)16-15(20)21-17-23(16)8-9-29-17/h4-5,10H,6-9,11H2,1-3H3,(H,26,27). The summed E-state index contributed by atoms with van der Waals surface area (Å²) in [5, 5.41) is 0.832. The second-order valence-electron chi connectivity index (χ2n) is 8.14. The van der Waals surface area contributed by atoms with E-state index >= 15 is 0 Å². The summed E-state index contributed by atoms with van der Waals surface area (Å²) in [5.41, 5.74) is 2.13. The SMILES string of the molecule is CC(C)(C)OC(=O)N1CCc2cc(N(c3c(Br)nc4n3CCS4)S(=O)O)ccc2C1. The molecule has 1 unspecified atom stereocenters. The van der Waals surface area contributed by atoms with E-state index in [0.29, 0.717) is 35.6 Å². The molecule has 1 atom stereocenters. The Kier molecular flexibility index (Phi) is 5.90. The molecule has 1 aromatic carbocycles. The van der Waals surface area contributed by atoms with Crippen molar-refractivity contribution in [3.8, 4) is 0 Å². The van der Waals surface area contributed by atoms with Gasteiger partial charge in [-0.2, -0.15) is 0 Å². The molecule has 0 spiro atoms. The number of hydrogen-bond acceptors (Lipinski definition) is 5. The van der Waals surface area contributed by atoms with Crippen LogP contribution in [0.1, 0.15) is 31.9 Å². The number of carbonyl (C=O) groups excluding carboxylic acids is 1. The molecular weight excluding hydrogens is 492 g/mol. The van der Waals surface area contributed by atoms with Crippen LogP contribution in [0.15, 0.2) is 28.0 Å². The summed E-state index contributed by atoms with van der Waals surface area (Å²) in [5.74, 6) is 1.46. The fourth-order valence-electron chi connectivity index (χ4n) is 3.56. The van der Waals surface area contributed by atoms with Gasteiger partial charge < -0.3 is 14.2 Å². The number of nitrogens with zero attached hydrogens (tertiary/aromatic N) is 4. The Morgan fingerprint density at radius 1 is 1.33 bits per heavy atom. The van der Waals surface area contributed by atoms with Crippen molar-refractivity contribution in [2.24, 2.45) is 0 Å². The van der Waals surface area contributed by atoms with Gasteiger partial charge in [0.05, 0.1) is 5.69 Å². The molecule has 8 nitrogen and oxygen atoms in total. The molecule has 0 bridgehead atoms. The van der Waals surface area contributed by atoms with Gasteiger partial charge in [0.1, 0.15) is 5.60 Å². The Balaban J connectivity index is 1.61. The minimum Gasteiger partial charge on any atom is -0.444 e. The number of hydrogen-bond donors (Lipinski definition) is 1. The summed E-state index contributed by atoms with van der Waals surface area (Å²) in [4.78, 5) is 18.5. The van der Waals surface area contributed by atoms with Crippen LogP contribution in [0.2, 0.25) is 0 Å². The Bertz CT molecular complexity index is 1020. The average Bonchev–Trinajstić information content (AvgIpc) is 3.21. The van der Waals surface area contributed by atoms with Crippen molar-refractivity contribution < 1.29 is 18.3 Å². The summed E-state index contributed by atoms with van der Waals surface area (Å²) in [6.45, 7) is 7.27. The number of anilines is 2. The second kappa shape index (κ2) is 8.18. The van der Waals surface area contributed by atoms with E-state index in [1.807, 2.05) is 37.5 Å². The van der Waals surface area contributed by atoms with E-state index in [9.17, 15) is 13.6 Å². The maximum Gasteiger partial charge on any atom is 0.410 e. The van der Waals surface area contributed by atoms with E-state index in [1.54, 1.807) is 22.7 Å². The number of halogens is 1. The number of rotatable bonds is 3. The van der Waals surface area contributed by atoms with Gasteiger partial charge in [-0.15, -0.1) is 0 Å². The zero-order valence-corrected chi connectivity index (χ0v) is 20.1. The number of thioether (sulfide) groups is 1. The third-order valence-corrected chi connectivity index (χ3v) is 7.03. The van der Waals surface area contributed by atoms with Crippen LogP contribution in [0.25, 0.3) is 0 Å². The van der Waals surface area contributed by atoms with Crippen LogP contribution in [-0.4, -0.2) is 47.2 Å². The molecular formula is C19H23BrN4O4S2. The number of ether oxygens (including phenoxy) is 1. The molecule has 1 aromatic heterocycles. The normalized spacial score (nSPS) is 16.8. The van der Waals surface area contributed by atoms with Crippen LogP contribution >= 0.6 is 27.7 Å². The van der Waals surface area contributed by atoms with Crippen LogP contribution in [0, 0.1) is 0 Å². The van der Waals surface area contributed by atoms with E-state index in [-0.39, 0.29) is 6.09 Å². The Hall–Kier alpha value is -1.56. The minimum absolute atomic E-state index is 0.327. The highest BCUT2D eigenvalue weighted by atomic mass is 79.9. The van der Waals surface area contributed by atoms with Crippen molar-refractivity contribution in [3.05, 3.63) is 33.9 Å². The first-order valence-corrected chi connectivity index (χ1v) is 12.4. The molecule has 1 amide bonds. The van der Waals surface area contributed by atoms with Gasteiger partial charge in [0.15, 0.2) is 15.6 Å². The zero-order valence-electron chi connectivity index (χ0n) is 16.9. The summed E-state index contributed by atoms with van der Waals surface area (Å²) < 4.78 is 31.7. The Morgan fingerprint density at radius 3 is 2.80 bits per heavy atom. The van der Waals surface area contributed by atoms with Gasteiger partial charge in [-0.05, 0) is 66.4 Å². The summed E-state index contributed by atoms with van der Waals surface area (Å²) in [6.07, 6.45) is 0.321. The third kappa shape index (κ3) is 4.25. The van der Waals surface area contributed by atoms with Crippen LogP contribution in [0.4, 0.5) is 16.3 Å². The Labute approximate surface area is 190 Å². The van der Waals surface area contributed by atoms with E-state index in [2.05, 4.69) is 20.9 Å². The number of imidazole rings is 1. The number of benzene rings is 1. The first kappa shape index (κ1) is 21.7. The Morgan fingerprint density at radius 2 is 2.10 bits per heavy atom. The van der Waals surface area contributed by atoms with Crippen LogP contribution in [-0.2, 0) is 35.5 Å². The quantitative estimate of drug-likeness (QED) is 0.613. The third-order valence-electron chi connectivity index (χ3n) is 4.85. The molecule has 2 aliphatic heterocycles. The summed E-state index contributed by atoms with van der Waals surface area (Å²) >= 11 is 2.80. The molecule has 162 valence electrons. The van der Waals surface area contributed by atoms with Crippen molar-refractivity contribution in [2.75, 3.05) is 16.6 Å². The molecule has 4 rings (SSSR count). The fourth-order valence-corrected chi connectivity index (χ4v) is 5.93. The molecule has 0 radical (unpaired) electrons. The summed E-state index contributed by atoms with van der Waals surface area (Å²) in [6, 6.07) is 5.63. The average molecular weight is 515 g/mol. The van der Waals surface area contributed by atoms with Gasteiger partial charge in [-0.1, -0.05) is 17.8 Å². The van der Waals surface area contributed by atoms with Gasteiger partial charge in [-0.3, -0.25) is 4.55 Å². The molecule has 30 heavy (non-hydrogen) atoms. The van der Waals surface area contributed by atoms with Crippen LogP contribution in [0.3, 0.4) is 0 Å². The predicted octanol–water partition coefficient (Wildman–Crippen LogP) is 4.32. The monoisotopic (exact) mass is 514 g/mol. The molecule has 0 saturated heterocycles. The van der Waals surface area contributed by atoms with Crippen molar-refractivity contribution in [1.82, 2.24) is 14.5 Å². The fraction of sp³-hybridized carbons (Fsp3) is 0.474. The number of aromatic nitrogens is 2. The van der Waals surface area contributed by atoms with Gasteiger partial charge in [-0.25, -0.2) is 18.3 Å². The highest BCUT2D eigenvalue weighted by molar-refractivity contribution is 9.10. The lowest BCUT2D eigenvalue weighted by Crippen LogP contribution is -2.39. The second-order valence-corrected chi connectivity index (χ2v) is 10.8. The lowest BCUT2D eigenvalue weighted by Gasteiger charge is -2.32. The largest absolute Gasteiger partial charge is 0.444 e. The smallest absolute Gasteiger partial charge is 0.410 e. The van der Waals surface area contributed by atoms with E-state index in [0.717, 1.165) is 28.6 Å². The zero-order chi connectivity index (χ0) is 21.6. The van der Waals surface area contributed by atoms with E-state index < -0.39 is 16.9 Å². The first-order chi connectivity index (χ1) is 14.1. The van der Waals surface area contributed by atoms with Gasteiger partial charge in [0.2, 0.25) is 0 Å². The van der Waals surface area contributed by atoms with Crippen molar-refractivity contribution in [1.29, 1.82) is 0 Å². The molecule has 11 heteroatoms. The predicted molar refractivity (Wildman–Crippen MR) is 120 cm³/mol. The molecule has 2 aliphatic rings. The highest BCUT2D eigenvalue weighted by Crippen LogP contribution is 2.40. The number of amides is 1. The molecule has 3 heterocycles. The van der Waals surface area contributed by atoms with Gasteiger partial charge in [0, 0.05) is 25.4 Å². The van der Waals surface area contributed by atoms with Crippen LogP contribution < -0.4 is 4.31 Å². The van der Waals surface area contributed by atoms with E-state index in [4.69, 9.17) is 4.74 Å². The molecule has 0 aliphatic carbocycles. The van der Waals surface area contributed by atoms with Crippen molar-refractivity contribution >= 4 is 56.6 Å². The highest BCUT2D eigenvalue weighted by Gasteiger charge is 2.30. The molecule has 0 fully saturated rings.